The van der Waals surface area contributed by atoms with E-state index in [9.17, 15) is 14.0 Å². The summed E-state index contributed by atoms with van der Waals surface area (Å²) in [4.78, 5) is 34.5. The predicted octanol–water partition coefficient (Wildman–Crippen LogP) is 3.09. The van der Waals surface area contributed by atoms with Crippen LogP contribution in [0.1, 0.15) is 20.7 Å². The molecule has 1 fully saturated rings. The largest absolute Gasteiger partial charge is 0.378 e. The lowest BCUT2D eigenvalue weighted by atomic mass is 10.1. The van der Waals surface area contributed by atoms with Gasteiger partial charge in [-0.15, -0.1) is 0 Å². The van der Waals surface area contributed by atoms with Gasteiger partial charge in [0.05, 0.1) is 35.5 Å². The van der Waals surface area contributed by atoms with Crippen molar-refractivity contribution in [1.29, 1.82) is 0 Å². The van der Waals surface area contributed by atoms with Crippen molar-refractivity contribution in [3.63, 3.8) is 0 Å². The van der Waals surface area contributed by atoms with Crippen LogP contribution in [0, 0.1) is 5.82 Å². The number of H-pyrrole nitrogens is 1. The molecule has 1 saturated heterocycles. The summed E-state index contributed by atoms with van der Waals surface area (Å²) in [5.74, 6) is -1.18. The van der Waals surface area contributed by atoms with Gasteiger partial charge in [0, 0.05) is 35.1 Å². The molecule has 5 rings (SSSR count). The molecule has 2 aromatic carbocycles. The fourth-order valence-corrected chi connectivity index (χ4v) is 3.94. The summed E-state index contributed by atoms with van der Waals surface area (Å²) in [5, 5.41) is 0.717. The molecule has 2 aromatic heterocycles. The number of benzene rings is 2. The Labute approximate surface area is 176 Å². The summed E-state index contributed by atoms with van der Waals surface area (Å²) in [5.41, 5.74) is 8.53. The van der Waals surface area contributed by atoms with Gasteiger partial charge in [-0.25, -0.2) is 9.37 Å². The molecule has 0 atom stereocenters. The molecule has 156 valence electrons. The molecule has 0 radical (unpaired) electrons. The third kappa shape index (κ3) is 3.30. The fourth-order valence-electron chi connectivity index (χ4n) is 3.94. The minimum Gasteiger partial charge on any atom is -0.378 e. The number of halogens is 1. The van der Waals surface area contributed by atoms with E-state index in [1.807, 2.05) is 0 Å². The van der Waals surface area contributed by atoms with Gasteiger partial charge >= 0.3 is 0 Å². The summed E-state index contributed by atoms with van der Waals surface area (Å²) in [7, 11) is 0. The molecule has 0 bridgehead atoms. The maximum atomic E-state index is 14.4. The first-order valence-electron chi connectivity index (χ1n) is 9.91. The molecule has 4 aromatic rings. The molecule has 1 aliphatic rings. The normalized spacial score (nSPS) is 14.3. The second kappa shape index (κ2) is 7.48. The summed E-state index contributed by atoms with van der Waals surface area (Å²) >= 11 is 0. The van der Waals surface area contributed by atoms with E-state index >= 15 is 0 Å². The highest BCUT2D eigenvalue weighted by atomic mass is 19.1. The Morgan fingerprint density at radius 1 is 1.10 bits per heavy atom. The number of nitrogens with one attached hydrogen (secondary N) is 1. The molecule has 0 unspecified atom stereocenters. The third-order valence-corrected chi connectivity index (χ3v) is 5.51. The molecule has 0 spiro atoms. The van der Waals surface area contributed by atoms with Gasteiger partial charge in [0.15, 0.2) is 0 Å². The van der Waals surface area contributed by atoms with E-state index in [1.54, 1.807) is 41.3 Å². The summed E-state index contributed by atoms with van der Waals surface area (Å²) in [6.07, 6.45) is 0. The van der Waals surface area contributed by atoms with Crippen LogP contribution in [0.3, 0.4) is 0 Å². The zero-order valence-electron chi connectivity index (χ0n) is 16.5. The quantitative estimate of drug-likeness (QED) is 0.534. The van der Waals surface area contributed by atoms with Crippen LogP contribution >= 0.6 is 0 Å². The Bertz CT molecular complexity index is 1340. The molecule has 8 heteroatoms. The lowest BCUT2D eigenvalue weighted by Gasteiger charge is -2.26. The molecule has 31 heavy (non-hydrogen) atoms. The van der Waals surface area contributed by atoms with Crippen LogP contribution in [0.2, 0.25) is 0 Å². The Kier molecular flexibility index (Phi) is 4.63. The second-order valence-corrected chi connectivity index (χ2v) is 7.41. The number of aromatic amines is 1. The van der Waals surface area contributed by atoms with Gasteiger partial charge in [-0.05, 0) is 36.4 Å². The number of rotatable bonds is 3. The van der Waals surface area contributed by atoms with Gasteiger partial charge < -0.3 is 20.4 Å². The number of carbonyl (C=O) groups is 2. The zero-order valence-corrected chi connectivity index (χ0v) is 16.5. The Morgan fingerprint density at radius 2 is 1.87 bits per heavy atom. The second-order valence-electron chi connectivity index (χ2n) is 7.41. The third-order valence-electron chi connectivity index (χ3n) is 5.51. The topological polar surface area (TPSA) is 101 Å². The number of aromatic nitrogens is 2. The van der Waals surface area contributed by atoms with Crippen LogP contribution < -0.4 is 5.73 Å². The van der Waals surface area contributed by atoms with Crippen LogP contribution in [0.5, 0.6) is 0 Å². The SMILES string of the molecule is NC(=O)c1cc(-c2ccccc2F)nc2c1[nH]c1cc(C(=O)N3CCOCC3)ccc12. The number of fused-ring (bicyclic) bond motifs is 3. The summed E-state index contributed by atoms with van der Waals surface area (Å²) in [6.45, 7) is 2.13. The number of hydrogen-bond acceptors (Lipinski definition) is 4. The van der Waals surface area contributed by atoms with Crippen molar-refractivity contribution in [2.75, 3.05) is 26.3 Å². The predicted molar refractivity (Wildman–Crippen MR) is 114 cm³/mol. The van der Waals surface area contributed by atoms with E-state index in [0.717, 1.165) is 0 Å². The first-order valence-corrected chi connectivity index (χ1v) is 9.91. The number of morpholine rings is 1. The van der Waals surface area contributed by atoms with Crippen LogP contribution in [0.4, 0.5) is 4.39 Å². The number of nitrogens with zero attached hydrogens (tertiary/aromatic N) is 2. The standard InChI is InChI=1S/C23H19FN4O3/c24-17-4-2-1-3-14(17)19-12-16(22(25)29)21-20(27-19)15-6-5-13(11-18(15)26-21)23(30)28-7-9-31-10-8-28/h1-6,11-12,26H,7-10H2,(H2,25,29). The summed E-state index contributed by atoms with van der Waals surface area (Å²) in [6, 6.07) is 13.0. The van der Waals surface area contributed by atoms with Gasteiger partial charge in [0.2, 0.25) is 0 Å². The first kappa shape index (κ1) is 19.2. The summed E-state index contributed by atoms with van der Waals surface area (Å²) < 4.78 is 19.7. The van der Waals surface area contributed by atoms with Gasteiger partial charge in [0.25, 0.3) is 11.8 Å². The van der Waals surface area contributed by atoms with Gasteiger partial charge in [-0.2, -0.15) is 0 Å². The fraction of sp³-hybridized carbons (Fsp3) is 0.174. The molecular weight excluding hydrogens is 399 g/mol. The number of hydrogen-bond donors (Lipinski definition) is 2. The molecular formula is C23H19FN4O3. The van der Waals surface area contributed by atoms with E-state index in [4.69, 9.17) is 10.5 Å². The van der Waals surface area contributed by atoms with E-state index in [0.29, 0.717) is 59.5 Å². The van der Waals surface area contributed by atoms with Crippen molar-refractivity contribution in [3.05, 3.63) is 65.5 Å². The Hall–Kier alpha value is -3.78. The van der Waals surface area contributed by atoms with Crippen molar-refractivity contribution in [2.45, 2.75) is 0 Å². The number of pyridine rings is 1. The van der Waals surface area contributed by atoms with Crippen LogP contribution in [0.25, 0.3) is 33.2 Å². The van der Waals surface area contributed by atoms with E-state index in [1.165, 1.54) is 12.1 Å². The zero-order chi connectivity index (χ0) is 21.5. The first-order chi connectivity index (χ1) is 15.0. The average Bonchev–Trinajstić information content (AvgIpc) is 3.16. The maximum Gasteiger partial charge on any atom is 0.254 e. The van der Waals surface area contributed by atoms with Crippen molar-refractivity contribution in [1.82, 2.24) is 14.9 Å². The minimum atomic E-state index is -0.652. The Balaban J connectivity index is 1.67. The molecule has 7 nitrogen and oxygen atoms in total. The van der Waals surface area contributed by atoms with E-state index in [-0.39, 0.29) is 17.0 Å². The number of ether oxygens (including phenoxy) is 1. The van der Waals surface area contributed by atoms with Crippen molar-refractivity contribution in [2.24, 2.45) is 5.73 Å². The lowest BCUT2D eigenvalue weighted by molar-refractivity contribution is 0.0303. The molecule has 1 aliphatic heterocycles. The van der Waals surface area contributed by atoms with Crippen molar-refractivity contribution in [3.8, 4) is 11.3 Å². The van der Waals surface area contributed by atoms with Crippen LogP contribution in [-0.4, -0.2) is 53.0 Å². The highest BCUT2D eigenvalue weighted by molar-refractivity contribution is 6.14. The lowest BCUT2D eigenvalue weighted by Crippen LogP contribution is -2.40. The molecule has 0 saturated carbocycles. The number of amides is 2. The monoisotopic (exact) mass is 418 g/mol. The number of nitrogens with two attached hydrogens (primary N) is 1. The van der Waals surface area contributed by atoms with Gasteiger partial charge in [-0.1, -0.05) is 12.1 Å². The smallest absolute Gasteiger partial charge is 0.254 e. The van der Waals surface area contributed by atoms with Gasteiger partial charge in [-0.3, -0.25) is 9.59 Å². The maximum absolute atomic E-state index is 14.4. The average molecular weight is 418 g/mol. The number of carbonyl (C=O) groups excluding carboxylic acids is 2. The number of primary amides is 1. The van der Waals surface area contributed by atoms with E-state index in [2.05, 4.69) is 9.97 Å². The molecule has 3 N–H and O–H groups in total. The van der Waals surface area contributed by atoms with Crippen molar-refractivity contribution >= 4 is 33.8 Å². The van der Waals surface area contributed by atoms with Crippen LogP contribution in [-0.2, 0) is 4.74 Å². The highest BCUT2D eigenvalue weighted by Crippen LogP contribution is 2.31. The molecule has 0 aliphatic carbocycles. The van der Waals surface area contributed by atoms with Crippen LogP contribution in [0.15, 0.2) is 48.5 Å². The minimum absolute atomic E-state index is 0.0843. The van der Waals surface area contributed by atoms with Gasteiger partial charge in [0.1, 0.15) is 5.82 Å². The Morgan fingerprint density at radius 3 is 2.61 bits per heavy atom. The highest BCUT2D eigenvalue weighted by Gasteiger charge is 2.21. The van der Waals surface area contributed by atoms with E-state index < -0.39 is 11.7 Å². The van der Waals surface area contributed by atoms with Crippen molar-refractivity contribution < 1.29 is 18.7 Å². The molecule has 3 heterocycles. The molecule has 2 amide bonds.